The summed E-state index contributed by atoms with van der Waals surface area (Å²) >= 11 is 5.32. The Morgan fingerprint density at radius 1 is 1.39 bits per heavy atom. The van der Waals surface area contributed by atoms with Gasteiger partial charge in [-0.15, -0.1) is 0 Å². The van der Waals surface area contributed by atoms with Gasteiger partial charge in [0.15, 0.2) is 11.2 Å². The van der Waals surface area contributed by atoms with E-state index in [-0.39, 0.29) is 5.56 Å². The normalized spacial score (nSPS) is 10.9. The van der Waals surface area contributed by atoms with E-state index in [2.05, 4.69) is 4.98 Å². The number of hydrogen-bond acceptors (Lipinski definition) is 3. The van der Waals surface area contributed by atoms with Gasteiger partial charge >= 0.3 is 5.69 Å². The summed E-state index contributed by atoms with van der Waals surface area (Å²) in [5.41, 5.74) is -2.32. The third-order valence-corrected chi connectivity index (χ3v) is 2.83. The number of benzene rings is 1. The third kappa shape index (κ3) is 1.55. The molecule has 0 spiro atoms. The number of nitrogens with one attached hydrogen (secondary N) is 1. The predicted molar refractivity (Wildman–Crippen MR) is 60.9 cm³/mol. The van der Waals surface area contributed by atoms with Crippen molar-refractivity contribution in [2.24, 2.45) is 0 Å². The van der Waals surface area contributed by atoms with Crippen LogP contribution in [0.2, 0.25) is 5.02 Å². The Labute approximate surface area is 103 Å². The highest BCUT2D eigenvalue weighted by Gasteiger charge is 2.29. The highest BCUT2D eigenvalue weighted by molar-refractivity contribution is 6.32. The Balaban J connectivity index is 3.20. The zero-order valence-electron chi connectivity index (χ0n) is 8.88. The number of fused-ring (bicyclic) bond motifs is 1. The van der Waals surface area contributed by atoms with Gasteiger partial charge in [-0.2, -0.15) is 4.39 Å². The lowest BCUT2D eigenvalue weighted by atomic mass is 10.1. The smallest absolute Gasteiger partial charge is 0.319 e. The Bertz CT molecular complexity index is 742. The number of halogens is 3. The van der Waals surface area contributed by atoms with Crippen LogP contribution in [-0.4, -0.2) is 9.91 Å². The molecule has 0 atom stereocenters. The maximum absolute atomic E-state index is 13.6. The number of aryl methyl sites for hydroxylation is 1. The van der Waals surface area contributed by atoms with Gasteiger partial charge in [-0.05, 0) is 6.92 Å². The minimum absolute atomic E-state index is 0.103. The van der Waals surface area contributed by atoms with Crippen LogP contribution in [-0.2, 0) is 0 Å². The number of pyridine rings is 1. The highest BCUT2D eigenvalue weighted by Crippen LogP contribution is 2.34. The first kappa shape index (κ1) is 12.4. The van der Waals surface area contributed by atoms with Crippen LogP contribution in [0.3, 0.4) is 0 Å². The second kappa shape index (κ2) is 4.02. The van der Waals surface area contributed by atoms with Crippen LogP contribution >= 0.6 is 11.6 Å². The van der Waals surface area contributed by atoms with Gasteiger partial charge in [0, 0.05) is 11.8 Å². The summed E-state index contributed by atoms with van der Waals surface area (Å²) in [6.45, 7) is 1.37. The van der Waals surface area contributed by atoms with Crippen molar-refractivity contribution >= 4 is 28.2 Å². The quantitative estimate of drug-likeness (QED) is 0.493. The molecule has 0 saturated carbocycles. The van der Waals surface area contributed by atoms with Crippen molar-refractivity contribution in [1.82, 2.24) is 4.98 Å². The van der Waals surface area contributed by atoms with Crippen molar-refractivity contribution in [2.45, 2.75) is 6.92 Å². The average molecular weight is 275 g/mol. The number of nitrogens with zero attached hydrogens (tertiary/aromatic N) is 1. The van der Waals surface area contributed by atoms with E-state index >= 15 is 0 Å². The molecular formula is C10H5ClF2N2O3. The molecule has 0 amide bonds. The lowest BCUT2D eigenvalue weighted by Crippen LogP contribution is -2.11. The largest absolute Gasteiger partial charge is 0.358 e. The molecule has 0 aliphatic carbocycles. The molecule has 18 heavy (non-hydrogen) atoms. The van der Waals surface area contributed by atoms with Crippen LogP contribution in [0.25, 0.3) is 10.9 Å². The first-order valence-electron chi connectivity index (χ1n) is 4.69. The van der Waals surface area contributed by atoms with Gasteiger partial charge < -0.3 is 4.98 Å². The molecule has 5 nitrogen and oxygen atoms in total. The van der Waals surface area contributed by atoms with Crippen molar-refractivity contribution in [3.63, 3.8) is 0 Å². The van der Waals surface area contributed by atoms with Crippen LogP contribution in [0.5, 0.6) is 0 Å². The zero-order valence-corrected chi connectivity index (χ0v) is 9.64. The number of nitro groups is 1. The molecule has 8 heteroatoms. The molecule has 0 radical (unpaired) electrons. The molecule has 1 aromatic carbocycles. The highest BCUT2D eigenvalue weighted by atomic mass is 35.5. The number of nitro benzene ring substituents is 1. The Morgan fingerprint density at radius 2 is 2.00 bits per heavy atom. The van der Waals surface area contributed by atoms with Gasteiger partial charge in [0.25, 0.3) is 0 Å². The average Bonchev–Trinajstić information content (AvgIpc) is 2.31. The SMILES string of the molecule is Cc1c[nH]c2c(F)c(Cl)c(F)c([N+](=O)[O-])c2c1=O. The molecular weight excluding hydrogens is 270 g/mol. The van der Waals surface area contributed by atoms with Crippen molar-refractivity contribution in [2.75, 3.05) is 0 Å². The lowest BCUT2D eigenvalue weighted by Gasteiger charge is -2.05. The zero-order chi connectivity index (χ0) is 13.6. The molecule has 94 valence electrons. The van der Waals surface area contributed by atoms with E-state index in [9.17, 15) is 23.7 Å². The van der Waals surface area contributed by atoms with E-state index in [0.29, 0.717) is 0 Å². The molecule has 2 aromatic rings. The van der Waals surface area contributed by atoms with Crippen LogP contribution in [0, 0.1) is 28.7 Å². The minimum Gasteiger partial charge on any atom is -0.358 e. The van der Waals surface area contributed by atoms with Gasteiger partial charge in [-0.1, -0.05) is 11.6 Å². The maximum Gasteiger partial charge on any atom is 0.319 e. The Morgan fingerprint density at radius 3 is 2.56 bits per heavy atom. The van der Waals surface area contributed by atoms with Gasteiger partial charge in [-0.25, -0.2) is 4.39 Å². The first-order chi connectivity index (χ1) is 8.36. The summed E-state index contributed by atoms with van der Waals surface area (Å²) in [5.74, 6) is -2.78. The standard InChI is InChI=1S/C10H5ClF2N2O3/c1-3-2-14-8-4(10(3)16)9(15(17)18)7(13)5(11)6(8)12/h2H,1H3,(H,14,16). The Hall–Kier alpha value is -2.02. The van der Waals surface area contributed by atoms with E-state index in [4.69, 9.17) is 11.6 Å². The van der Waals surface area contributed by atoms with Gasteiger partial charge in [0.2, 0.25) is 5.82 Å². The van der Waals surface area contributed by atoms with E-state index in [1.54, 1.807) is 0 Å². The Kier molecular flexibility index (Phi) is 2.78. The lowest BCUT2D eigenvalue weighted by molar-refractivity contribution is -0.385. The molecule has 0 fully saturated rings. The number of H-pyrrole nitrogens is 1. The van der Waals surface area contributed by atoms with Crippen molar-refractivity contribution in [3.8, 4) is 0 Å². The summed E-state index contributed by atoms with van der Waals surface area (Å²) < 4.78 is 27.2. The van der Waals surface area contributed by atoms with E-state index in [1.807, 2.05) is 0 Å². The van der Waals surface area contributed by atoms with Crippen LogP contribution in [0.15, 0.2) is 11.0 Å². The van der Waals surface area contributed by atoms with Crippen molar-refractivity contribution < 1.29 is 13.7 Å². The fraction of sp³-hybridized carbons (Fsp3) is 0.100. The second-order valence-electron chi connectivity index (χ2n) is 3.60. The van der Waals surface area contributed by atoms with Crippen LogP contribution in [0.1, 0.15) is 5.56 Å². The van der Waals surface area contributed by atoms with Crippen molar-refractivity contribution in [1.29, 1.82) is 0 Å². The van der Waals surface area contributed by atoms with Crippen LogP contribution < -0.4 is 5.43 Å². The summed E-state index contributed by atoms with van der Waals surface area (Å²) in [4.78, 5) is 23.8. The third-order valence-electron chi connectivity index (χ3n) is 2.50. The molecule has 1 aromatic heterocycles. The van der Waals surface area contributed by atoms with Gasteiger partial charge in [0.05, 0.1) is 10.4 Å². The summed E-state index contributed by atoms with van der Waals surface area (Å²) in [6.07, 6.45) is 1.17. The van der Waals surface area contributed by atoms with Crippen LogP contribution in [0.4, 0.5) is 14.5 Å². The number of hydrogen-bond donors (Lipinski definition) is 1. The topological polar surface area (TPSA) is 76.0 Å². The first-order valence-corrected chi connectivity index (χ1v) is 5.07. The minimum atomic E-state index is -1.55. The fourth-order valence-corrected chi connectivity index (χ4v) is 1.80. The molecule has 2 rings (SSSR count). The van der Waals surface area contributed by atoms with Gasteiger partial charge in [0.1, 0.15) is 10.4 Å². The van der Waals surface area contributed by atoms with E-state index in [0.717, 1.165) is 0 Å². The second-order valence-corrected chi connectivity index (χ2v) is 3.98. The monoisotopic (exact) mass is 274 g/mol. The molecule has 0 saturated heterocycles. The number of aromatic nitrogens is 1. The summed E-state index contributed by atoms with van der Waals surface area (Å²) in [5, 5.41) is 9.12. The van der Waals surface area contributed by atoms with Gasteiger partial charge in [-0.3, -0.25) is 14.9 Å². The maximum atomic E-state index is 13.6. The molecule has 1 heterocycles. The summed E-state index contributed by atoms with van der Waals surface area (Å²) in [7, 11) is 0. The number of aromatic amines is 1. The molecule has 0 unspecified atom stereocenters. The fourth-order valence-electron chi connectivity index (χ4n) is 1.62. The molecule has 0 aliphatic rings. The molecule has 0 aliphatic heterocycles. The predicted octanol–water partition coefficient (Wildman–Crippen LogP) is 2.68. The number of rotatable bonds is 1. The van der Waals surface area contributed by atoms with E-state index in [1.165, 1.54) is 13.1 Å². The van der Waals surface area contributed by atoms with E-state index < -0.39 is 43.6 Å². The summed E-state index contributed by atoms with van der Waals surface area (Å²) in [6, 6.07) is 0. The molecule has 0 bridgehead atoms. The van der Waals surface area contributed by atoms with Crippen molar-refractivity contribution in [3.05, 3.63) is 48.8 Å². The molecule has 1 N–H and O–H groups in total.